The van der Waals surface area contributed by atoms with Crippen LogP contribution in [-0.4, -0.2) is 17.4 Å². The molecule has 18 heavy (non-hydrogen) atoms. The van der Waals surface area contributed by atoms with Crippen molar-refractivity contribution < 1.29 is 4.79 Å². The average Bonchev–Trinajstić information content (AvgIpc) is 2.78. The van der Waals surface area contributed by atoms with Gasteiger partial charge in [-0.25, -0.2) is 0 Å². The molecule has 2 aromatic rings. The van der Waals surface area contributed by atoms with Gasteiger partial charge in [-0.2, -0.15) is 0 Å². The predicted molar refractivity (Wildman–Crippen MR) is 74.5 cm³/mol. The van der Waals surface area contributed by atoms with Crippen molar-refractivity contribution in [1.82, 2.24) is 10.3 Å². The van der Waals surface area contributed by atoms with Crippen LogP contribution in [-0.2, 0) is 0 Å². The highest BCUT2D eigenvalue weighted by molar-refractivity contribution is 6.07. The first-order valence-corrected chi connectivity index (χ1v) is 6.26. The number of aromatic nitrogens is 1. The van der Waals surface area contributed by atoms with Crippen molar-refractivity contribution in [2.45, 2.75) is 20.3 Å². The molecule has 96 valence electrons. The highest BCUT2D eigenvalue weighted by Gasteiger charge is 2.12. The topological polar surface area (TPSA) is 70.9 Å². The lowest BCUT2D eigenvalue weighted by Gasteiger charge is -2.09. The largest absolute Gasteiger partial charge is 0.399 e. The number of nitrogens with one attached hydrogen (secondary N) is 2. The summed E-state index contributed by atoms with van der Waals surface area (Å²) >= 11 is 0. The number of hydrogen-bond acceptors (Lipinski definition) is 2. The van der Waals surface area contributed by atoms with Crippen LogP contribution in [0.25, 0.3) is 10.9 Å². The number of hydrogen-bond donors (Lipinski definition) is 3. The van der Waals surface area contributed by atoms with E-state index in [1.54, 1.807) is 6.20 Å². The smallest absolute Gasteiger partial charge is 0.253 e. The van der Waals surface area contributed by atoms with Gasteiger partial charge < -0.3 is 16.0 Å². The second-order valence-corrected chi connectivity index (χ2v) is 4.73. The molecule has 0 saturated carbocycles. The lowest BCUT2D eigenvalue weighted by atomic mass is 10.1. The van der Waals surface area contributed by atoms with E-state index < -0.39 is 0 Å². The summed E-state index contributed by atoms with van der Waals surface area (Å²) in [6.45, 7) is 4.94. The normalized spacial score (nSPS) is 12.6. The Bertz CT molecular complexity index is 559. The monoisotopic (exact) mass is 245 g/mol. The zero-order valence-corrected chi connectivity index (χ0v) is 10.8. The molecule has 4 N–H and O–H groups in total. The fraction of sp³-hybridized carbons (Fsp3) is 0.357. The first kappa shape index (κ1) is 12.5. The van der Waals surface area contributed by atoms with Crippen LogP contribution in [0.5, 0.6) is 0 Å². The molecule has 0 aliphatic rings. The van der Waals surface area contributed by atoms with E-state index in [0.29, 0.717) is 23.7 Å². The summed E-state index contributed by atoms with van der Waals surface area (Å²) in [5, 5.41) is 3.86. The van der Waals surface area contributed by atoms with Crippen LogP contribution >= 0.6 is 0 Å². The molecule has 4 nitrogen and oxygen atoms in total. The number of nitrogen functional groups attached to an aromatic ring is 1. The number of aromatic amines is 1. The Labute approximate surface area is 107 Å². The van der Waals surface area contributed by atoms with Crippen molar-refractivity contribution in [1.29, 1.82) is 0 Å². The summed E-state index contributed by atoms with van der Waals surface area (Å²) in [7, 11) is 0. The lowest BCUT2D eigenvalue weighted by Crippen LogP contribution is -2.27. The second kappa shape index (κ2) is 5.12. The average molecular weight is 245 g/mol. The fourth-order valence-electron chi connectivity index (χ4n) is 1.84. The number of benzene rings is 1. The molecular weight excluding hydrogens is 226 g/mol. The third-order valence-corrected chi connectivity index (χ3v) is 3.26. The molecule has 1 atom stereocenters. The third kappa shape index (κ3) is 2.47. The van der Waals surface area contributed by atoms with Gasteiger partial charge in [0.15, 0.2) is 0 Å². The maximum absolute atomic E-state index is 12.1. The van der Waals surface area contributed by atoms with E-state index >= 15 is 0 Å². The molecule has 0 saturated heterocycles. The van der Waals surface area contributed by atoms with Gasteiger partial charge in [-0.1, -0.05) is 20.3 Å². The van der Waals surface area contributed by atoms with Gasteiger partial charge in [-0.3, -0.25) is 4.79 Å². The predicted octanol–water partition coefficient (Wildman–Crippen LogP) is 2.53. The number of fused-ring (bicyclic) bond motifs is 1. The maximum Gasteiger partial charge on any atom is 0.253 e. The van der Waals surface area contributed by atoms with Gasteiger partial charge in [-0.05, 0) is 24.1 Å². The summed E-state index contributed by atoms with van der Waals surface area (Å²) in [6.07, 6.45) is 2.79. The minimum Gasteiger partial charge on any atom is -0.399 e. The van der Waals surface area contributed by atoms with E-state index in [1.807, 2.05) is 18.2 Å². The maximum atomic E-state index is 12.1. The second-order valence-electron chi connectivity index (χ2n) is 4.73. The number of anilines is 1. The number of amides is 1. The van der Waals surface area contributed by atoms with Crippen LogP contribution in [0.1, 0.15) is 30.6 Å². The van der Waals surface area contributed by atoms with Crippen molar-refractivity contribution >= 4 is 22.5 Å². The molecule has 0 fully saturated rings. The van der Waals surface area contributed by atoms with E-state index in [0.717, 1.165) is 17.3 Å². The van der Waals surface area contributed by atoms with Crippen molar-refractivity contribution in [3.8, 4) is 0 Å². The van der Waals surface area contributed by atoms with E-state index in [1.165, 1.54) is 0 Å². The van der Waals surface area contributed by atoms with E-state index in [-0.39, 0.29) is 5.91 Å². The van der Waals surface area contributed by atoms with Gasteiger partial charge in [0.1, 0.15) is 0 Å². The molecule has 2 rings (SSSR count). The minimum absolute atomic E-state index is 0.0358. The van der Waals surface area contributed by atoms with Crippen molar-refractivity contribution in [3.05, 3.63) is 30.0 Å². The van der Waals surface area contributed by atoms with Crippen LogP contribution in [0.4, 0.5) is 5.69 Å². The van der Waals surface area contributed by atoms with Crippen molar-refractivity contribution in [3.63, 3.8) is 0 Å². The number of H-pyrrole nitrogens is 1. The SMILES string of the molecule is CCC(C)CNC(=O)c1c[nH]c2cc(N)ccc12. The molecule has 0 bridgehead atoms. The summed E-state index contributed by atoms with van der Waals surface area (Å²) in [6, 6.07) is 5.52. The Morgan fingerprint density at radius 3 is 3.00 bits per heavy atom. The highest BCUT2D eigenvalue weighted by atomic mass is 16.1. The Morgan fingerprint density at radius 2 is 2.28 bits per heavy atom. The Morgan fingerprint density at radius 1 is 1.50 bits per heavy atom. The summed E-state index contributed by atoms with van der Waals surface area (Å²) in [4.78, 5) is 15.1. The molecule has 1 aromatic heterocycles. The van der Waals surface area contributed by atoms with E-state index in [4.69, 9.17) is 5.73 Å². The molecule has 1 unspecified atom stereocenters. The number of carbonyl (C=O) groups excluding carboxylic acids is 1. The summed E-state index contributed by atoms with van der Waals surface area (Å²) < 4.78 is 0. The minimum atomic E-state index is -0.0358. The molecule has 1 amide bonds. The molecule has 0 radical (unpaired) electrons. The first-order chi connectivity index (χ1) is 8.61. The number of nitrogens with two attached hydrogens (primary N) is 1. The van der Waals surface area contributed by atoms with Gasteiger partial charge in [0.25, 0.3) is 5.91 Å². The van der Waals surface area contributed by atoms with Gasteiger partial charge in [0, 0.05) is 29.3 Å². The van der Waals surface area contributed by atoms with Gasteiger partial charge >= 0.3 is 0 Å². The zero-order valence-electron chi connectivity index (χ0n) is 10.8. The molecule has 1 aromatic carbocycles. The molecule has 4 heteroatoms. The molecular formula is C14H19N3O. The first-order valence-electron chi connectivity index (χ1n) is 6.26. The number of carbonyl (C=O) groups is 1. The molecule has 0 aliphatic carbocycles. The van der Waals surface area contributed by atoms with Gasteiger partial charge in [0.2, 0.25) is 0 Å². The van der Waals surface area contributed by atoms with Crippen LogP contribution in [0.3, 0.4) is 0 Å². The highest BCUT2D eigenvalue weighted by Crippen LogP contribution is 2.20. The van der Waals surface area contributed by atoms with Gasteiger partial charge in [0.05, 0.1) is 5.56 Å². The fourth-order valence-corrected chi connectivity index (χ4v) is 1.84. The summed E-state index contributed by atoms with van der Waals surface area (Å²) in [5.74, 6) is 0.459. The number of rotatable bonds is 4. The van der Waals surface area contributed by atoms with Crippen molar-refractivity contribution in [2.24, 2.45) is 5.92 Å². The summed E-state index contributed by atoms with van der Waals surface area (Å²) in [5.41, 5.74) is 7.96. The van der Waals surface area contributed by atoms with Crippen LogP contribution in [0.15, 0.2) is 24.4 Å². The Balaban J connectivity index is 2.18. The van der Waals surface area contributed by atoms with E-state index in [2.05, 4.69) is 24.1 Å². The third-order valence-electron chi connectivity index (χ3n) is 3.26. The van der Waals surface area contributed by atoms with Crippen LogP contribution in [0.2, 0.25) is 0 Å². The van der Waals surface area contributed by atoms with Crippen LogP contribution in [0, 0.1) is 5.92 Å². The molecule has 1 heterocycles. The van der Waals surface area contributed by atoms with Gasteiger partial charge in [-0.15, -0.1) is 0 Å². The molecule has 0 aliphatic heterocycles. The van der Waals surface area contributed by atoms with Crippen LogP contribution < -0.4 is 11.1 Å². The lowest BCUT2D eigenvalue weighted by molar-refractivity contribution is 0.0949. The van der Waals surface area contributed by atoms with Crippen molar-refractivity contribution in [2.75, 3.05) is 12.3 Å². The standard InChI is InChI=1S/C14H19N3O/c1-3-9(2)7-17-14(18)12-8-16-13-6-10(15)4-5-11(12)13/h4-6,8-9,16H,3,7,15H2,1-2H3,(H,17,18). The Kier molecular flexibility index (Phi) is 3.55. The van der Waals surface area contributed by atoms with E-state index in [9.17, 15) is 4.79 Å². The Hall–Kier alpha value is -1.97. The quantitative estimate of drug-likeness (QED) is 0.724. The molecule has 0 spiro atoms. The zero-order chi connectivity index (χ0) is 13.1.